The fourth-order valence-corrected chi connectivity index (χ4v) is 3.69. The summed E-state index contributed by atoms with van der Waals surface area (Å²) in [5.74, 6) is 0.373. The molecule has 1 N–H and O–H groups in total. The Bertz CT molecular complexity index is 892. The van der Waals surface area contributed by atoms with Crippen molar-refractivity contribution in [1.29, 1.82) is 0 Å². The lowest BCUT2D eigenvalue weighted by Crippen LogP contribution is -2.42. The number of methoxy groups -OCH3 is 1. The number of ether oxygens (including phenoxy) is 2. The van der Waals surface area contributed by atoms with E-state index in [-0.39, 0.29) is 12.0 Å². The summed E-state index contributed by atoms with van der Waals surface area (Å²) in [6.07, 6.45) is 1.66. The van der Waals surface area contributed by atoms with Gasteiger partial charge < -0.3 is 19.4 Å². The van der Waals surface area contributed by atoms with Crippen molar-refractivity contribution in [2.45, 2.75) is 46.6 Å². The fraction of sp³-hybridized carbons (Fsp3) is 0.455. The molecule has 28 heavy (non-hydrogen) atoms. The summed E-state index contributed by atoms with van der Waals surface area (Å²) in [6.45, 7) is 8.96. The van der Waals surface area contributed by atoms with Crippen LogP contribution in [0.4, 0.5) is 0 Å². The predicted molar refractivity (Wildman–Crippen MR) is 107 cm³/mol. The minimum Gasteiger partial charge on any atom is -0.490 e. The SMILES string of the molecule is COC(=O)c1c(C)[nH]c(C(=O)N2CCC(Oc3ccc(C)c(C)c3)CC2)c1C. The largest absolute Gasteiger partial charge is 0.490 e. The number of piperidine rings is 1. The first kappa shape index (κ1) is 20.0. The summed E-state index contributed by atoms with van der Waals surface area (Å²) < 4.78 is 10.9. The number of aryl methyl sites for hydroxylation is 3. The number of rotatable bonds is 4. The van der Waals surface area contributed by atoms with Crippen molar-refractivity contribution < 1.29 is 19.1 Å². The van der Waals surface area contributed by atoms with Gasteiger partial charge in [0.1, 0.15) is 17.5 Å². The summed E-state index contributed by atoms with van der Waals surface area (Å²) in [4.78, 5) is 29.8. The first-order valence-electron chi connectivity index (χ1n) is 9.62. The van der Waals surface area contributed by atoms with Crippen LogP contribution in [-0.4, -0.2) is 48.1 Å². The van der Waals surface area contributed by atoms with E-state index in [0.717, 1.165) is 18.6 Å². The molecule has 2 heterocycles. The summed E-state index contributed by atoms with van der Waals surface area (Å²) in [7, 11) is 1.34. The number of carbonyl (C=O) groups is 2. The molecule has 2 aromatic rings. The quantitative estimate of drug-likeness (QED) is 0.816. The Balaban J connectivity index is 1.64. The molecule has 1 aromatic carbocycles. The number of likely N-dealkylation sites (tertiary alicyclic amines) is 1. The number of aromatic nitrogens is 1. The van der Waals surface area contributed by atoms with Crippen LogP contribution in [0, 0.1) is 27.7 Å². The van der Waals surface area contributed by atoms with E-state index in [1.807, 2.05) is 11.0 Å². The van der Waals surface area contributed by atoms with Gasteiger partial charge in [-0.05, 0) is 56.5 Å². The molecule has 1 aliphatic heterocycles. The number of H-pyrrole nitrogens is 1. The molecule has 0 saturated carbocycles. The smallest absolute Gasteiger partial charge is 0.339 e. The molecule has 0 bridgehead atoms. The maximum atomic E-state index is 12.9. The van der Waals surface area contributed by atoms with Crippen LogP contribution in [0.25, 0.3) is 0 Å². The van der Waals surface area contributed by atoms with E-state index in [1.165, 1.54) is 18.2 Å². The van der Waals surface area contributed by atoms with Gasteiger partial charge in [-0.2, -0.15) is 0 Å². The van der Waals surface area contributed by atoms with E-state index in [1.54, 1.807) is 13.8 Å². The molecule has 0 atom stereocenters. The second-order valence-electron chi connectivity index (χ2n) is 7.47. The Kier molecular flexibility index (Phi) is 5.77. The number of nitrogens with zero attached hydrogens (tertiary/aromatic N) is 1. The van der Waals surface area contributed by atoms with Gasteiger partial charge in [-0.3, -0.25) is 4.79 Å². The molecule has 6 heteroatoms. The molecule has 1 fully saturated rings. The Morgan fingerprint density at radius 2 is 1.75 bits per heavy atom. The monoisotopic (exact) mass is 384 g/mol. The number of esters is 1. The van der Waals surface area contributed by atoms with Crippen molar-refractivity contribution in [3.63, 3.8) is 0 Å². The second-order valence-corrected chi connectivity index (χ2v) is 7.47. The number of carbonyl (C=O) groups excluding carboxylic acids is 2. The highest BCUT2D eigenvalue weighted by molar-refractivity contribution is 6.00. The van der Waals surface area contributed by atoms with Crippen molar-refractivity contribution >= 4 is 11.9 Å². The minimum atomic E-state index is -0.425. The zero-order chi connectivity index (χ0) is 20.4. The van der Waals surface area contributed by atoms with E-state index >= 15 is 0 Å². The normalized spacial score (nSPS) is 14.8. The maximum Gasteiger partial charge on any atom is 0.339 e. The molecular weight excluding hydrogens is 356 g/mol. The summed E-state index contributed by atoms with van der Waals surface area (Å²) in [5, 5.41) is 0. The van der Waals surface area contributed by atoms with E-state index < -0.39 is 5.97 Å². The zero-order valence-corrected chi connectivity index (χ0v) is 17.2. The molecule has 1 aromatic heterocycles. The molecule has 3 rings (SSSR count). The molecule has 0 aliphatic carbocycles. The van der Waals surface area contributed by atoms with Gasteiger partial charge in [-0.15, -0.1) is 0 Å². The van der Waals surface area contributed by atoms with E-state index in [4.69, 9.17) is 9.47 Å². The molecule has 0 radical (unpaired) electrons. The average Bonchev–Trinajstić information content (AvgIpc) is 2.98. The van der Waals surface area contributed by atoms with Gasteiger partial charge in [0, 0.05) is 31.6 Å². The molecule has 6 nitrogen and oxygen atoms in total. The standard InChI is InChI=1S/C22H28N2O4/c1-13-6-7-18(12-14(13)2)28-17-8-10-24(11-9-17)21(25)20-15(3)19(16(4)23-20)22(26)27-5/h6-7,12,17,23H,8-11H2,1-5H3. The highest BCUT2D eigenvalue weighted by Crippen LogP contribution is 2.24. The third-order valence-corrected chi connectivity index (χ3v) is 5.55. The first-order chi connectivity index (χ1) is 13.3. The van der Waals surface area contributed by atoms with Crippen molar-refractivity contribution in [2.75, 3.05) is 20.2 Å². The van der Waals surface area contributed by atoms with Crippen LogP contribution < -0.4 is 4.74 Å². The van der Waals surface area contributed by atoms with Gasteiger partial charge in [-0.1, -0.05) is 6.07 Å². The van der Waals surface area contributed by atoms with Crippen LogP contribution in [0.5, 0.6) is 5.75 Å². The van der Waals surface area contributed by atoms with Crippen molar-refractivity contribution in [2.24, 2.45) is 0 Å². The second kappa shape index (κ2) is 8.09. The average molecular weight is 384 g/mol. The summed E-state index contributed by atoms with van der Waals surface area (Å²) in [5.41, 5.74) is 4.66. The topological polar surface area (TPSA) is 71.6 Å². The number of amides is 1. The van der Waals surface area contributed by atoms with Crippen LogP contribution >= 0.6 is 0 Å². The Hall–Kier alpha value is -2.76. The van der Waals surface area contributed by atoms with Crippen molar-refractivity contribution in [3.8, 4) is 5.75 Å². The van der Waals surface area contributed by atoms with E-state index in [9.17, 15) is 9.59 Å². The minimum absolute atomic E-state index is 0.0830. The summed E-state index contributed by atoms with van der Waals surface area (Å²) in [6, 6.07) is 6.13. The van der Waals surface area contributed by atoms with Crippen LogP contribution in [0.1, 0.15) is 56.1 Å². The molecular formula is C22H28N2O4. The molecule has 0 unspecified atom stereocenters. The Morgan fingerprint density at radius 3 is 2.36 bits per heavy atom. The Morgan fingerprint density at radius 1 is 1.07 bits per heavy atom. The van der Waals surface area contributed by atoms with Gasteiger partial charge in [-0.25, -0.2) is 4.79 Å². The number of hydrogen-bond acceptors (Lipinski definition) is 4. The fourth-order valence-electron chi connectivity index (χ4n) is 3.69. The van der Waals surface area contributed by atoms with Gasteiger partial charge in [0.05, 0.1) is 12.7 Å². The lowest BCUT2D eigenvalue weighted by Gasteiger charge is -2.32. The van der Waals surface area contributed by atoms with Crippen molar-refractivity contribution in [1.82, 2.24) is 9.88 Å². The van der Waals surface area contributed by atoms with Crippen LogP contribution in [0.3, 0.4) is 0 Å². The van der Waals surface area contributed by atoms with Gasteiger partial charge >= 0.3 is 5.97 Å². The molecule has 1 amide bonds. The molecule has 1 saturated heterocycles. The predicted octanol–water partition coefficient (Wildman–Crippen LogP) is 3.72. The lowest BCUT2D eigenvalue weighted by molar-refractivity contribution is 0.0589. The third-order valence-electron chi connectivity index (χ3n) is 5.55. The van der Waals surface area contributed by atoms with Gasteiger partial charge in [0.2, 0.25) is 0 Å². The molecule has 1 aliphatic rings. The van der Waals surface area contributed by atoms with Crippen LogP contribution in [0.2, 0.25) is 0 Å². The summed E-state index contributed by atoms with van der Waals surface area (Å²) >= 11 is 0. The number of hydrogen-bond donors (Lipinski definition) is 1. The van der Waals surface area contributed by atoms with Crippen LogP contribution in [-0.2, 0) is 4.74 Å². The van der Waals surface area contributed by atoms with Crippen molar-refractivity contribution in [3.05, 3.63) is 51.8 Å². The number of benzene rings is 1. The Labute approximate surface area is 165 Å². The number of nitrogens with one attached hydrogen (secondary N) is 1. The zero-order valence-electron chi connectivity index (χ0n) is 17.2. The van der Waals surface area contributed by atoms with E-state index in [2.05, 4.69) is 31.0 Å². The van der Waals surface area contributed by atoms with Gasteiger partial charge in [0.15, 0.2) is 0 Å². The molecule has 150 valence electrons. The van der Waals surface area contributed by atoms with Gasteiger partial charge in [0.25, 0.3) is 5.91 Å². The number of aromatic amines is 1. The first-order valence-corrected chi connectivity index (χ1v) is 9.62. The highest BCUT2D eigenvalue weighted by atomic mass is 16.5. The highest BCUT2D eigenvalue weighted by Gasteiger charge is 2.29. The van der Waals surface area contributed by atoms with Crippen LogP contribution in [0.15, 0.2) is 18.2 Å². The third kappa shape index (κ3) is 3.91. The maximum absolute atomic E-state index is 12.9. The van der Waals surface area contributed by atoms with E-state index in [0.29, 0.717) is 35.6 Å². The molecule has 0 spiro atoms. The lowest BCUT2D eigenvalue weighted by atomic mass is 10.1.